The average Bonchev–Trinajstić information content (AvgIpc) is 2.85. The molecule has 1 amide bonds. The average molecular weight is 475 g/mol. The highest BCUT2D eigenvalue weighted by molar-refractivity contribution is 6.05. The van der Waals surface area contributed by atoms with Crippen LogP contribution in [0.25, 0.3) is 0 Å². The number of rotatable bonds is 7. The number of hydrogen-bond donors (Lipinski definition) is 2. The van der Waals surface area contributed by atoms with E-state index in [4.69, 9.17) is 0 Å². The third-order valence-corrected chi connectivity index (χ3v) is 6.26. The smallest absolute Gasteiger partial charge is 0.293 e. The number of nitrogens with zero attached hydrogens (tertiary/aromatic N) is 4. The Balaban J connectivity index is 1.48. The lowest BCUT2D eigenvalue weighted by Crippen LogP contribution is -2.44. The van der Waals surface area contributed by atoms with Crippen LogP contribution in [0.3, 0.4) is 0 Å². The van der Waals surface area contributed by atoms with Gasteiger partial charge in [0.25, 0.3) is 11.6 Å². The van der Waals surface area contributed by atoms with Crippen molar-refractivity contribution in [2.45, 2.75) is 19.9 Å². The lowest BCUT2D eigenvalue weighted by molar-refractivity contribution is -0.384. The molecule has 1 aliphatic heterocycles. The molecular formula is C26H30N6O3. The molecule has 2 heterocycles. The van der Waals surface area contributed by atoms with E-state index >= 15 is 0 Å². The molecule has 0 bridgehead atoms. The Bertz CT molecular complexity index is 1210. The van der Waals surface area contributed by atoms with Crippen LogP contribution in [0.1, 0.15) is 34.6 Å². The molecule has 0 radical (unpaired) electrons. The van der Waals surface area contributed by atoms with Crippen molar-refractivity contribution in [3.05, 3.63) is 87.7 Å². The molecule has 1 fully saturated rings. The summed E-state index contributed by atoms with van der Waals surface area (Å²) in [5.74, 6) is -0.399. The largest absolute Gasteiger partial charge is 0.371 e. The molecule has 4 rings (SSSR count). The third kappa shape index (κ3) is 5.75. The normalized spacial score (nSPS) is 14.9. The molecule has 0 spiro atoms. The van der Waals surface area contributed by atoms with E-state index in [1.807, 2.05) is 50.2 Å². The summed E-state index contributed by atoms with van der Waals surface area (Å²) in [4.78, 5) is 33.1. The Kier molecular flexibility index (Phi) is 7.26. The van der Waals surface area contributed by atoms with Crippen molar-refractivity contribution >= 4 is 28.7 Å². The van der Waals surface area contributed by atoms with Crippen LogP contribution in [-0.4, -0.2) is 53.9 Å². The topological polar surface area (TPSA) is 104 Å². The van der Waals surface area contributed by atoms with Crippen molar-refractivity contribution in [1.82, 2.24) is 9.88 Å². The molecule has 1 saturated heterocycles. The monoisotopic (exact) mass is 474 g/mol. The van der Waals surface area contributed by atoms with Crippen LogP contribution >= 0.6 is 0 Å². The summed E-state index contributed by atoms with van der Waals surface area (Å²) in [6, 6.07) is 15.6. The van der Waals surface area contributed by atoms with Crippen molar-refractivity contribution in [3.63, 3.8) is 0 Å². The van der Waals surface area contributed by atoms with Gasteiger partial charge in [0.15, 0.2) is 0 Å². The summed E-state index contributed by atoms with van der Waals surface area (Å²) in [6.07, 6.45) is 1.68. The van der Waals surface area contributed by atoms with E-state index in [9.17, 15) is 14.9 Å². The molecular weight excluding hydrogens is 444 g/mol. The van der Waals surface area contributed by atoms with E-state index < -0.39 is 10.8 Å². The first-order valence-corrected chi connectivity index (χ1v) is 11.6. The van der Waals surface area contributed by atoms with Gasteiger partial charge in [-0.3, -0.25) is 19.9 Å². The van der Waals surface area contributed by atoms with E-state index in [1.165, 1.54) is 6.07 Å². The number of piperazine rings is 1. The standard InChI is InChI=1S/C26H30N6O3/c1-18-16-21(8-10-24(18)31-14-12-30(3)13-15-31)29-26(33)20-7-9-23(25(17-20)32(34)35)28-19(2)22-6-4-5-11-27-22/h4-11,16-17,19,28H,12-15H2,1-3H3,(H,29,33). The number of anilines is 3. The van der Waals surface area contributed by atoms with Crippen molar-refractivity contribution in [1.29, 1.82) is 0 Å². The van der Waals surface area contributed by atoms with Crippen molar-refractivity contribution in [2.75, 3.05) is 48.8 Å². The molecule has 35 heavy (non-hydrogen) atoms. The number of nitrogens with one attached hydrogen (secondary N) is 2. The first kappa shape index (κ1) is 24.2. The molecule has 0 aliphatic carbocycles. The van der Waals surface area contributed by atoms with Gasteiger partial charge in [-0.1, -0.05) is 6.07 Å². The number of amides is 1. The van der Waals surface area contributed by atoms with Crippen LogP contribution in [0.2, 0.25) is 0 Å². The van der Waals surface area contributed by atoms with Gasteiger partial charge >= 0.3 is 0 Å². The highest BCUT2D eigenvalue weighted by Gasteiger charge is 2.20. The van der Waals surface area contributed by atoms with Gasteiger partial charge in [-0.15, -0.1) is 0 Å². The number of nitro benzene ring substituents is 1. The summed E-state index contributed by atoms with van der Waals surface area (Å²) in [6.45, 7) is 7.86. The molecule has 1 unspecified atom stereocenters. The molecule has 2 aromatic carbocycles. The number of aromatic nitrogens is 1. The van der Waals surface area contributed by atoms with E-state index in [2.05, 4.69) is 32.5 Å². The zero-order valence-corrected chi connectivity index (χ0v) is 20.2. The Morgan fingerprint density at radius 3 is 2.51 bits per heavy atom. The van der Waals surface area contributed by atoms with Crippen molar-refractivity contribution < 1.29 is 9.72 Å². The fourth-order valence-corrected chi connectivity index (χ4v) is 4.22. The van der Waals surface area contributed by atoms with Gasteiger partial charge in [-0.25, -0.2) is 0 Å². The minimum Gasteiger partial charge on any atom is -0.371 e. The van der Waals surface area contributed by atoms with Crippen LogP contribution in [0.5, 0.6) is 0 Å². The number of carbonyl (C=O) groups is 1. The molecule has 9 heteroatoms. The second-order valence-electron chi connectivity index (χ2n) is 8.86. The minimum absolute atomic E-state index is 0.165. The fraction of sp³-hybridized carbons (Fsp3) is 0.308. The van der Waals surface area contributed by atoms with E-state index in [1.54, 1.807) is 18.3 Å². The number of carbonyl (C=O) groups excluding carboxylic acids is 1. The van der Waals surface area contributed by atoms with Crippen LogP contribution in [0.15, 0.2) is 60.8 Å². The number of nitro groups is 1. The Morgan fingerprint density at radius 1 is 1.09 bits per heavy atom. The van der Waals surface area contributed by atoms with Gasteiger partial charge in [0, 0.05) is 55.4 Å². The second kappa shape index (κ2) is 10.5. The molecule has 3 aromatic rings. The first-order valence-electron chi connectivity index (χ1n) is 11.6. The highest BCUT2D eigenvalue weighted by atomic mass is 16.6. The number of pyridine rings is 1. The molecule has 2 N–H and O–H groups in total. The summed E-state index contributed by atoms with van der Waals surface area (Å²) in [5.41, 5.74) is 4.02. The van der Waals surface area contributed by atoms with Gasteiger partial charge in [-0.2, -0.15) is 0 Å². The predicted octanol–water partition coefficient (Wildman–Crippen LogP) is 4.48. The highest BCUT2D eigenvalue weighted by Crippen LogP contribution is 2.30. The molecule has 1 aliphatic rings. The summed E-state index contributed by atoms with van der Waals surface area (Å²) in [7, 11) is 2.12. The quantitative estimate of drug-likeness (QED) is 0.384. The molecule has 1 aromatic heterocycles. The predicted molar refractivity (Wildman–Crippen MR) is 138 cm³/mol. The SMILES string of the molecule is Cc1cc(NC(=O)c2ccc(NC(C)c3ccccn3)c([N+](=O)[O-])c2)ccc1N1CCN(C)CC1. The number of aryl methyl sites for hydroxylation is 1. The Morgan fingerprint density at radius 2 is 1.86 bits per heavy atom. The van der Waals surface area contributed by atoms with Crippen LogP contribution in [-0.2, 0) is 0 Å². The number of likely N-dealkylation sites (N-methyl/N-ethyl adjacent to an activating group) is 1. The second-order valence-corrected chi connectivity index (χ2v) is 8.86. The lowest BCUT2D eigenvalue weighted by Gasteiger charge is -2.35. The molecule has 0 saturated carbocycles. The van der Waals surface area contributed by atoms with E-state index in [-0.39, 0.29) is 17.3 Å². The Hall–Kier alpha value is -3.98. The first-order chi connectivity index (χ1) is 16.8. The van der Waals surface area contributed by atoms with E-state index in [0.29, 0.717) is 11.4 Å². The lowest BCUT2D eigenvalue weighted by atomic mass is 10.1. The summed E-state index contributed by atoms with van der Waals surface area (Å²) in [5, 5.41) is 17.7. The van der Waals surface area contributed by atoms with Crippen LogP contribution in [0, 0.1) is 17.0 Å². The van der Waals surface area contributed by atoms with Gasteiger partial charge in [0.2, 0.25) is 0 Å². The van der Waals surface area contributed by atoms with Gasteiger partial charge in [-0.05, 0) is 68.9 Å². The number of benzene rings is 2. The van der Waals surface area contributed by atoms with E-state index in [0.717, 1.165) is 43.1 Å². The molecule has 182 valence electrons. The Labute approximate surface area is 204 Å². The maximum Gasteiger partial charge on any atom is 0.293 e. The third-order valence-electron chi connectivity index (χ3n) is 6.26. The van der Waals surface area contributed by atoms with Gasteiger partial charge in [0.1, 0.15) is 5.69 Å². The zero-order valence-electron chi connectivity index (χ0n) is 20.2. The molecule has 1 atom stereocenters. The molecule has 9 nitrogen and oxygen atoms in total. The van der Waals surface area contributed by atoms with Crippen LogP contribution < -0.4 is 15.5 Å². The van der Waals surface area contributed by atoms with Crippen molar-refractivity contribution in [2.24, 2.45) is 0 Å². The maximum atomic E-state index is 12.9. The van der Waals surface area contributed by atoms with Gasteiger partial charge in [0.05, 0.1) is 16.7 Å². The van der Waals surface area contributed by atoms with Crippen LogP contribution in [0.4, 0.5) is 22.7 Å². The number of hydrogen-bond acceptors (Lipinski definition) is 7. The van der Waals surface area contributed by atoms with Crippen molar-refractivity contribution in [3.8, 4) is 0 Å². The minimum atomic E-state index is -0.487. The fourth-order valence-electron chi connectivity index (χ4n) is 4.22. The summed E-state index contributed by atoms with van der Waals surface area (Å²) >= 11 is 0. The zero-order chi connectivity index (χ0) is 24.9. The van der Waals surface area contributed by atoms with Gasteiger partial charge < -0.3 is 20.4 Å². The summed E-state index contributed by atoms with van der Waals surface area (Å²) < 4.78 is 0. The maximum absolute atomic E-state index is 12.9.